The van der Waals surface area contributed by atoms with Crippen molar-refractivity contribution in [2.75, 3.05) is 0 Å². The maximum Gasteiger partial charge on any atom is 0.00404 e. The van der Waals surface area contributed by atoms with Crippen molar-refractivity contribution in [2.45, 2.75) is 121 Å². The number of hydrogen-bond donors (Lipinski definition) is 1. The molecule has 0 saturated heterocycles. The van der Waals surface area contributed by atoms with E-state index in [0.717, 1.165) is 4.90 Å². The monoisotopic (exact) mass is 438 g/mol. The number of unbranched alkanes of at least 4 members (excludes halogenated alkanes) is 15. The zero-order valence-electron chi connectivity index (χ0n) is 20.1. The molecule has 31 heavy (non-hydrogen) atoms. The molecule has 0 spiro atoms. The van der Waals surface area contributed by atoms with Gasteiger partial charge in [-0.15, -0.1) is 12.6 Å². The van der Waals surface area contributed by atoms with Crippen LogP contribution in [0.3, 0.4) is 0 Å². The fraction of sp³-hybridized carbons (Fsp3) is 0.600. The van der Waals surface area contributed by atoms with Crippen LogP contribution in [0.25, 0.3) is 11.1 Å². The summed E-state index contributed by atoms with van der Waals surface area (Å²) in [5, 5.41) is 0. The highest BCUT2D eigenvalue weighted by Gasteiger charge is 1.99. The van der Waals surface area contributed by atoms with Gasteiger partial charge in [0, 0.05) is 4.90 Å². The third-order valence-electron chi connectivity index (χ3n) is 6.47. The largest absolute Gasteiger partial charge is 0.143 e. The van der Waals surface area contributed by atoms with Crippen LogP contribution in [0.4, 0.5) is 0 Å². The lowest BCUT2D eigenvalue weighted by molar-refractivity contribution is 0.529. The Morgan fingerprint density at radius 1 is 0.452 bits per heavy atom. The maximum atomic E-state index is 4.37. The standard InChI is InChI=1S/C30H46S/c1-2-3-4-5-6-7-8-9-10-11-12-13-14-15-16-17-18-27-19-21-28(22-20-27)29-23-25-30(31)26-24-29/h19-26,31H,2-18H2,1H3. The molecule has 0 amide bonds. The van der Waals surface area contributed by atoms with Crippen LogP contribution in [0, 0.1) is 0 Å². The van der Waals surface area contributed by atoms with E-state index in [9.17, 15) is 0 Å². The summed E-state index contributed by atoms with van der Waals surface area (Å²) in [4.78, 5) is 1.02. The fourth-order valence-corrected chi connectivity index (χ4v) is 4.54. The molecule has 0 aromatic heterocycles. The summed E-state index contributed by atoms with van der Waals surface area (Å²) < 4.78 is 0. The van der Waals surface area contributed by atoms with Gasteiger partial charge in [-0.3, -0.25) is 0 Å². The second-order valence-corrected chi connectivity index (χ2v) is 9.81. The van der Waals surface area contributed by atoms with Crippen LogP contribution in [0.15, 0.2) is 53.4 Å². The zero-order chi connectivity index (χ0) is 22.0. The summed E-state index contributed by atoms with van der Waals surface area (Å²) in [6.07, 6.45) is 24.1. The Hall–Kier alpha value is -1.21. The van der Waals surface area contributed by atoms with Gasteiger partial charge >= 0.3 is 0 Å². The van der Waals surface area contributed by atoms with E-state index in [4.69, 9.17) is 0 Å². The van der Waals surface area contributed by atoms with E-state index in [1.54, 1.807) is 0 Å². The summed E-state index contributed by atoms with van der Waals surface area (Å²) in [5.74, 6) is 0. The minimum absolute atomic E-state index is 1.02. The molecule has 2 rings (SSSR count). The van der Waals surface area contributed by atoms with E-state index in [1.807, 2.05) is 0 Å². The normalized spacial score (nSPS) is 11.2. The van der Waals surface area contributed by atoms with Crippen molar-refractivity contribution in [3.63, 3.8) is 0 Å². The Kier molecular flexibility index (Phi) is 14.6. The van der Waals surface area contributed by atoms with Crippen molar-refractivity contribution in [3.05, 3.63) is 54.1 Å². The van der Waals surface area contributed by atoms with Gasteiger partial charge in [-0.2, -0.15) is 0 Å². The lowest BCUT2D eigenvalue weighted by atomic mass is 10.0. The van der Waals surface area contributed by atoms with Gasteiger partial charge in [0.25, 0.3) is 0 Å². The van der Waals surface area contributed by atoms with Crippen molar-refractivity contribution in [1.29, 1.82) is 0 Å². The smallest absolute Gasteiger partial charge is 0.00404 e. The topological polar surface area (TPSA) is 0 Å². The molecule has 2 aromatic carbocycles. The Bertz CT molecular complexity index is 656. The SMILES string of the molecule is CCCCCCCCCCCCCCCCCCc1ccc(-c2ccc(S)cc2)cc1. The highest BCUT2D eigenvalue weighted by Crippen LogP contribution is 2.22. The lowest BCUT2D eigenvalue weighted by Gasteiger charge is -2.06. The molecule has 0 bridgehead atoms. The molecule has 172 valence electrons. The molecule has 0 aliphatic carbocycles. The first-order valence-corrected chi connectivity index (χ1v) is 13.6. The molecular weight excluding hydrogens is 392 g/mol. The highest BCUT2D eigenvalue weighted by molar-refractivity contribution is 7.80. The number of thiol groups is 1. The quantitative estimate of drug-likeness (QED) is 0.174. The van der Waals surface area contributed by atoms with Gasteiger partial charge in [0.05, 0.1) is 0 Å². The number of hydrogen-bond acceptors (Lipinski definition) is 1. The van der Waals surface area contributed by atoms with Gasteiger partial charge in [-0.25, -0.2) is 0 Å². The van der Waals surface area contributed by atoms with E-state index >= 15 is 0 Å². The highest BCUT2D eigenvalue weighted by atomic mass is 32.1. The van der Waals surface area contributed by atoms with Gasteiger partial charge < -0.3 is 0 Å². The predicted molar refractivity (Wildman–Crippen MR) is 142 cm³/mol. The molecular formula is C30H46S. The summed E-state index contributed by atoms with van der Waals surface area (Å²) in [6, 6.07) is 17.5. The van der Waals surface area contributed by atoms with Crippen LogP contribution >= 0.6 is 12.6 Å². The van der Waals surface area contributed by atoms with E-state index in [1.165, 1.54) is 126 Å². The molecule has 2 aromatic rings. The molecule has 1 heteroatoms. The predicted octanol–water partition coefficient (Wildman–Crippen LogP) is 10.4. The van der Waals surface area contributed by atoms with E-state index in [2.05, 4.69) is 68.1 Å². The second-order valence-electron chi connectivity index (χ2n) is 9.30. The summed E-state index contributed by atoms with van der Waals surface area (Å²) in [7, 11) is 0. The Morgan fingerprint density at radius 2 is 0.806 bits per heavy atom. The Balaban J connectivity index is 1.39. The zero-order valence-corrected chi connectivity index (χ0v) is 21.0. The first-order chi connectivity index (χ1) is 15.3. The Morgan fingerprint density at radius 3 is 1.23 bits per heavy atom. The lowest BCUT2D eigenvalue weighted by Crippen LogP contribution is -1.87. The minimum atomic E-state index is 1.02. The van der Waals surface area contributed by atoms with Crippen molar-refractivity contribution >= 4 is 12.6 Å². The van der Waals surface area contributed by atoms with Gasteiger partial charge in [0.2, 0.25) is 0 Å². The summed E-state index contributed by atoms with van der Waals surface area (Å²) >= 11 is 4.37. The first-order valence-electron chi connectivity index (χ1n) is 13.2. The van der Waals surface area contributed by atoms with Gasteiger partial charge in [0.1, 0.15) is 0 Å². The summed E-state index contributed by atoms with van der Waals surface area (Å²) in [6.45, 7) is 2.30. The average molecular weight is 439 g/mol. The van der Waals surface area contributed by atoms with E-state index < -0.39 is 0 Å². The molecule has 0 nitrogen and oxygen atoms in total. The van der Waals surface area contributed by atoms with Crippen LogP contribution in [0.5, 0.6) is 0 Å². The van der Waals surface area contributed by atoms with E-state index in [0.29, 0.717) is 0 Å². The second kappa shape index (κ2) is 17.4. The molecule has 0 aliphatic heterocycles. The number of rotatable bonds is 18. The van der Waals surface area contributed by atoms with E-state index in [-0.39, 0.29) is 0 Å². The molecule has 0 heterocycles. The Labute approximate surface area is 198 Å². The van der Waals surface area contributed by atoms with Crippen LogP contribution in [-0.2, 0) is 6.42 Å². The number of benzene rings is 2. The first kappa shape index (κ1) is 26.0. The summed E-state index contributed by atoms with van der Waals surface area (Å²) in [5.41, 5.74) is 4.04. The third-order valence-corrected chi connectivity index (χ3v) is 6.77. The average Bonchev–Trinajstić information content (AvgIpc) is 2.80. The fourth-order valence-electron chi connectivity index (χ4n) is 4.39. The maximum absolute atomic E-state index is 4.37. The third kappa shape index (κ3) is 12.4. The van der Waals surface area contributed by atoms with Gasteiger partial charge in [-0.1, -0.05) is 140 Å². The molecule has 0 atom stereocenters. The van der Waals surface area contributed by atoms with Crippen LogP contribution < -0.4 is 0 Å². The van der Waals surface area contributed by atoms with Crippen molar-refractivity contribution in [3.8, 4) is 11.1 Å². The molecule has 0 aliphatic rings. The molecule has 0 radical (unpaired) electrons. The van der Waals surface area contributed by atoms with Crippen LogP contribution in [0.2, 0.25) is 0 Å². The molecule has 0 N–H and O–H groups in total. The molecule has 0 unspecified atom stereocenters. The van der Waals surface area contributed by atoms with Crippen molar-refractivity contribution in [1.82, 2.24) is 0 Å². The minimum Gasteiger partial charge on any atom is -0.143 e. The molecule has 0 saturated carbocycles. The number of aryl methyl sites for hydroxylation is 1. The van der Waals surface area contributed by atoms with Crippen molar-refractivity contribution < 1.29 is 0 Å². The van der Waals surface area contributed by atoms with Crippen molar-refractivity contribution in [2.24, 2.45) is 0 Å². The van der Waals surface area contributed by atoms with Gasteiger partial charge in [-0.05, 0) is 41.7 Å². The van der Waals surface area contributed by atoms with Crippen LogP contribution in [0.1, 0.15) is 115 Å². The van der Waals surface area contributed by atoms with Gasteiger partial charge in [0.15, 0.2) is 0 Å². The molecule has 0 fully saturated rings. The van der Waals surface area contributed by atoms with Crippen LogP contribution in [-0.4, -0.2) is 0 Å².